The minimum absolute atomic E-state index is 0.107. The molecule has 5 N–H and O–H groups in total. The van der Waals surface area contributed by atoms with Crippen molar-refractivity contribution in [3.8, 4) is 0 Å². The summed E-state index contributed by atoms with van der Waals surface area (Å²) in [5, 5.41) is 45.3. The summed E-state index contributed by atoms with van der Waals surface area (Å²) in [5.41, 5.74) is 0. The van der Waals surface area contributed by atoms with Crippen molar-refractivity contribution < 1.29 is 25.5 Å². The molecule has 1 aliphatic carbocycles. The summed E-state index contributed by atoms with van der Waals surface area (Å²) in [4.78, 5) is 0. The van der Waals surface area contributed by atoms with Gasteiger partial charge in [-0.3, -0.25) is 0 Å². The van der Waals surface area contributed by atoms with Crippen molar-refractivity contribution in [1.29, 1.82) is 0 Å². The van der Waals surface area contributed by atoms with Crippen LogP contribution in [-0.4, -0.2) is 56.6 Å². The molecule has 0 bridgehead atoms. The van der Waals surface area contributed by atoms with E-state index in [1.807, 2.05) is 0 Å². The molecule has 72 valence electrons. The second-order valence-electron chi connectivity index (χ2n) is 3.22. The fourth-order valence-electron chi connectivity index (χ4n) is 1.48. The Bertz CT molecular complexity index is 146. The number of aliphatic hydroxyl groups excluding tert-OH is 5. The van der Waals surface area contributed by atoms with E-state index in [0.29, 0.717) is 0 Å². The quantitative estimate of drug-likeness (QED) is 0.304. The molecular weight excluding hydrogens is 164 g/mol. The lowest BCUT2D eigenvalue weighted by Crippen LogP contribution is -2.54. The zero-order valence-electron chi connectivity index (χ0n) is 6.54. The van der Waals surface area contributed by atoms with Crippen molar-refractivity contribution in [3.05, 3.63) is 0 Å². The monoisotopic (exact) mass is 178 g/mol. The first-order valence-electron chi connectivity index (χ1n) is 3.91. The van der Waals surface area contributed by atoms with Gasteiger partial charge in [0.1, 0.15) is 12.2 Å². The summed E-state index contributed by atoms with van der Waals surface area (Å²) in [5.74, 6) is -0.557. The third-order valence-electron chi connectivity index (χ3n) is 2.36. The van der Waals surface area contributed by atoms with Gasteiger partial charge in [-0.1, -0.05) is 0 Å². The maximum absolute atomic E-state index is 9.24. The highest BCUT2D eigenvalue weighted by Gasteiger charge is 2.41. The number of hydrogen-bond donors (Lipinski definition) is 5. The molecule has 2 unspecified atom stereocenters. The Morgan fingerprint density at radius 3 is 2.00 bits per heavy atom. The number of aliphatic hydroxyl groups is 5. The van der Waals surface area contributed by atoms with E-state index in [1.165, 1.54) is 0 Å². The Morgan fingerprint density at radius 1 is 0.917 bits per heavy atom. The van der Waals surface area contributed by atoms with Crippen molar-refractivity contribution in [2.75, 3.05) is 6.61 Å². The normalized spacial score (nSPS) is 49.2. The molecule has 0 aliphatic heterocycles. The fourth-order valence-corrected chi connectivity index (χ4v) is 1.48. The fraction of sp³-hybridized carbons (Fsp3) is 1.00. The summed E-state index contributed by atoms with van der Waals surface area (Å²) in [6.45, 7) is -0.304. The molecule has 0 aromatic carbocycles. The van der Waals surface area contributed by atoms with E-state index in [4.69, 9.17) is 20.4 Å². The van der Waals surface area contributed by atoms with Crippen molar-refractivity contribution in [2.45, 2.75) is 30.8 Å². The molecule has 0 amide bonds. The Morgan fingerprint density at radius 2 is 1.50 bits per heavy atom. The summed E-state index contributed by atoms with van der Waals surface area (Å²) in [6, 6.07) is 0. The first kappa shape index (κ1) is 9.88. The van der Waals surface area contributed by atoms with Gasteiger partial charge < -0.3 is 25.5 Å². The van der Waals surface area contributed by atoms with E-state index in [0.717, 1.165) is 0 Å². The second-order valence-corrected chi connectivity index (χ2v) is 3.22. The van der Waals surface area contributed by atoms with Crippen LogP contribution in [0.25, 0.3) is 0 Å². The minimum atomic E-state index is -1.37. The lowest BCUT2D eigenvalue weighted by atomic mass is 9.81. The van der Waals surface area contributed by atoms with Gasteiger partial charge in [0.15, 0.2) is 0 Å². The van der Waals surface area contributed by atoms with E-state index in [1.54, 1.807) is 0 Å². The maximum atomic E-state index is 9.24. The Hall–Kier alpha value is -0.200. The van der Waals surface area contributed by atoms with Crippen LogP contribution in [0, 0.1) is 5.92 Å². The number of rotatable bonds is 1. The van der Waals surface area contributed by atoms with Crippen LogP contribution in [0.15, 0.2) is 0 Å². The average molecular weight is 178 g/mol. The van der Waals surface area contributed by atoms with E-state index < -0.39 is 30.3 Å². The van der Waals surface area contributed by atoms with Crippen LogP contribution in [0.5, 0.6) is 0 Å². The van der Waals surface area contributed by atoms with Gasteiger partial charge in [0, 0.05) is 12.5 Å². The summed E-state index contributed by atoms with van der Waals surface area (Å²) in [7, 11) is 0. The smallest absolute Gasteiger partial charge is 0.109 e. The second kappa shape index (κ2) is 3.68. The average Bonchev–Trinajstić information content (AvgIpc) is 2.08. The highest BCUT2D eigenvalue weighted by Crippen LogP contribution is 2.25. The lowest BCUT2D eigenvalue weighted by Gasteiger charge is -2.37. The molecule has 1 fully saturated rings. The van der Waals surface area contributed by atoms with Crippen molar-refractivity contribution in [2.24, 2.45) is 5.92 Å². The van der Waals surface area contributed by atoms with Gasteiger partial charge in [0.2, 0.25) is 0 Å². The van der Waals surface area contributed by atoms with Gasteiger partial charge in [-0.2, -0.15) is 0 Å². The maximum Gasteiger partial charge on any atom is 0.109 e. The molecule has 0 spiro atoms. The zero-order chi connectivity index (χ0) is 9.30. The Balaban J connectivity index is 2.63. The van der Waals surface area contributed by atoms with Crippen LogP contribution >= 0.6 is 0 Å². The largest absolute Gasteiger partial charge is 0.396 e. The van der Waals surface area contributed by atoms with Gasteiger partial charge in [-0.25, -0.2) is 0 Å². The summed E-state index contributed by atoms with van der Waals surface area (Å²) >= 11 is 0. The molecule has 5 heteroatoms. The Labute approximate surface area is 69.9 Å². The molecule has 0 heterocycles. The van der Waals surface area contributed by atoms with Crippen molar-refractivity contribution in [3.63, 3.8) is 0 Å². The highest BCUT2D eigenvalue weighted by molar-refractivity contribution is 4.91. The number of hydrogen-bond acceptors (Lipinski definition) is 5. The zero-order valence-corrected chi connectivity index (χ0v) is 6.54. The van der Waals surface area contributed by atoms with E-state index >= 15 is 0 Å². The van der Waals surface area contributed by atoms with Crippen LogP contribution in [0.3, 0.4) is 0 Å². The molecule has 1 saturated carbocycles. The molecule has 1 rings (SSSR count). The first-order chi connectivity index (χ1) is 5.57. The third-order valence-corrected chi connectivity index (χ3v) is 2.36. The molecule has 12 heavy (non-hydrogen) atoms. The summed E-state index contributed by atoms with van der Waals surface area (Å²) < 4.78 is 0. The van der Waals surface area contributed by atoms with Crippen LogP contribution in [0.2, 0.25) is 0 Å². The van der Waals surface area contributed by atoms with Crippen LogP contribution < -0.4 is 0 Å². The molecule has 5 atom stereocenters. The van der Waals surface area contributed by atoms with E-state index in [9.17, 15) is 5.11 Å². The molecule has 5 nitrogen and oxygen atoms in total. The summed E-state index contributed by atoms with van der Waals surface area (Å²) in [6.07, 6.45) is -4.81. The van der Waals surface area contributed by atoms with Crippen LogP contribution in [0.1, 0.15) is 6.42 Å². The van der Waals surface area contributed by atoms with Gasteiger partial charge in [0.05, 0.1) is 12.2 Å². The van der Waals surface area contributed by atoms with Gasteiger partial charge in [0.25, 0.3) is 0 Å². The van der Waals surface area contributed by atoms with Crippen molar-refractivity contribution >= 4 is 0 Å². The van der Waals surface area contributed by atoms with Gasteiger partial charge in [-0.05, 0) is 6.42 Å². The first-order valence-corrected chi connectivity index (χ1v) is 3.91. The van der Waals surface area contributed by atoms with Crippen molar-refractivity contribution in [1.82, 2.24) is 0 Å². The minimum Gasteiger partial charge on any atom is -0.396 e. The molecule has 0 radical (unpaired) electrons. The predicted octanol–water partition coefficient (Wildman–Crippen LogP) is -2.56. The van der Waals surface area contributed by atoms with E-state index in [-0.39, 0.29) is 13.0 Å². The predicted molar refractivity (Wildman–Crippen MR) is 39.2 cm³/mol. The Kier molecular flexibility index (Phi) is 3.03. The lowest BCUT2D eigenvalue weighted by molar-refractivity contribution is -0.163. The van der Waals surface area contributed by atoms with Crippen LogP contribution in [-0.2, 0) is 0 Å². The SMILES string of the molecule is OCC1C[C@H](O)C(O)[C@@H](O)[C@H]1O. The molecule has 0 saturated heterocycles. The van der Waals surface area contributed by atoms with Gasteiger partial charge >= 0.3 is 0 Å². The molecule has 0 aromatic heterocycles. The third kappa shape index (κ3) is 1.60. The molecule has 1 aliphatic rings. The van der Waals surface area contributed by atoms with Crippen LogP contribution in [0.4, 0.5) is 0 Å². The highest BCUT2D eigenvalue weighted by atomic mass is 16.4. The topological polar surface area (TPSA) is 101 Å². The van der Waals surface area contributed by atoms with Gasteiger partial charge in [-0.15, -0.1) is 0 Å². The standard InChI is InChI=1S/C7H14O5/c8-2-3-1-4(9)6(11)7(12)5(3)10/h3-12H,1-2H2/t3?,4-,5-,6?,7-/m0/s1. The molecule has 0 aromatic rings. The van der Waals surface area contributed by atoms with E-state index in [2.05, 4.69) is 0 Å². The molecular formula is C7H14O5.